The van der Waals surface area contributed by atoms with Crippen LogP contribution in [0.4, 0.5) is 8.78 Å². The Labute approximate surface area is 460 Å². The molecule has 1 amide bonds. The SMILES string of the molecule is CCCC(=O)C1(S(=O)(=O)CC(=O)c2c(-c3ccc[nH]c3=O)c3cc(C)ccc3n2Cc2cccc(F)c2C)CC1.CCNC(=O)C1(S(N)(=O)=O)CC1.Cc1ccc2c(c1)c1c3cccnc3oc(=O)c1n2Cc1cccc(F)c1C. The molecule has 2 saturated carbocycles. The third kappa shape index (κ3) is 10.4. The second-order valence-electron chi connectivity index (χ2n) is 20.6. The predicted octanol–water partition coefficient (Wildman–Crippen LogP) is 9.34. The Morgan fingerprint density at radius 3 is 1.89 bits per heavy atom. The molecule has 0 bridgehead atoms. The number of aromatic nitrogens is 4. The average Bonchev–Trinajstić information content (AvgIpc) is 4.49. The maximum Gasteiger partial charge on any atom is 0.362 e. The van der Waals surface area contributed by atoms with Gasteiger partial charge in [-0.3, -0.25) is 19.2 Å². The highest BCUT2D eigenvalue weighted by atomic mass is 32.2. The molecule has 2 fully saturated rings. The van der Waals surface area contributed by atoms with Gasteiger partial charge in [-0.25, -0.2) is 40.5 Å². The summed E-state index contributed by atoms with van der Waals surface area (Å²) in [5.74, 6) is -3.04. The Kier molecular flexibility index (Phi) is 15.6. The molecule has 0 atom stereocenters. The number of nitrogens with one attached hydrogen (secondary N) is 2. The zero-order chi connectivity index (χ0) is 57.6. The quantitative estimate of drug-likeness (QED) is 0.0817. The number of hydrogen-bond acceptors (Lipinski definition) is 11. The molecule has 2 aliphatic carbocycles. The number of H-pyrrole nitrogens is 1. The number of benzene rings is 4. The number of hydrogen-bond donors (Lipinski definition) is 3. The zero-order valence-electron chi connectivity index (χ0n) is 45.0. The van der Waals surface area contributed by atoms with Gasteiger partial charge < -0.3 is 23.9 Å². The molecule has 0 aliphatic heterocycles. The third-order valence-electron chi connectivity index (χ3n) is 15.2. The van der Waals surface area contributed by atoms with Crippen molar-refractivity contribution in [3.8, 4) is 11.1 Å². The largest absolute Gasteiger partial charge is 0.402 e. The van der Waals surface area contributed by atoms with E-state index in [2.05, 4.69) is 21.4 Å². The summed E-state index contributed by atoms with van der Waals surface area (Å²) < 4.78 is 83.9. The van der Waals surface area contributed by atoms with Crippen LogP contribution in [-0.2, 0) is 42.5 Å². The number of pyridine rings is 2. The number of halogens is 2. The van der Waals surface area contributed by atoms with Gasteiger partial charge in [0.05, 0.1) is 5.69 Å². The molecule has 0 unspecified atom stereocenters. The normalized spacial score (nSPS) is 14.3. The summed E-state index contributed by atoms with van der Waals surface area (Å²) in [6, 6.07) is 28.3. The van der Waals surface area contributed by atoms with Crippen molar-refractivity contribution in [2.45, 2.75) is 103 Å². The fourth-order valence-electron chi connectivity index (χ4n) is 10.5. The van der Waals surface area contributed by atoms with Gasteiger partial charge in [-0.15, -0.1) is 0 Å². The molecule has 11 rings (SSSR count). The highest BCUT2D eigenvalue weighted by Crippen LogP contribution is 2.47. The van der Waals surface area contributed by atoms with E-state index >= 15 is 0 Å². The van der Waals surface area contributed by atoms with E-state index < -0.39 is 63.8 Å². The monoisotopic (exact) mass is 1130 g/mol. The van der Waals surface area contributed by atoms with Gasteiger partial charge >= 0.3 is 5.63 Å². The number of sulfone groups is 1. The Hall–Kier alpha value is -7.94. The number of carbonyl (C=O) groups excluding carboxylic acids is 3. The molecule has 9 aromatic rings. The number of fused-ring (bicyclic) bond motifs is 6. The van der Waals surface area contributed by atoms with E-state index in [0.717, 1.165) is 38.4 Å². The molecule has 5 aromatic heterocycles. The number of ketones is 2. The molecule has 80 heavy (non-hydrogen) atoms. The Morgan fingerprint density at radius 1 is 0.738 bits per heavy atom. The summed E-state index contributed by atoms with van der Waals surface area (Å²) in [6.07, 6.45) is 4.85. The summed E-state index contributed by atoms with van der Waals surface area (Å²) in [5, 5.41) is 10.6. The Morgan fingerprint density at radius 2 is 1.32 bits per heavy atom. The fraction of sp³-hybridized carbons (Fsp3) is 0.300. The topological polar surface area (TPSA) is 243 Å². The van der Waals surface area contributed by atoms with Crippen LogP contribution < -0.4 is 21.6 Å². The number of amides is 1. The number of nitrogens with zero attached hydrogens (tertiary/aromatic N) is 3. The van der Waals surface area contributed by atoms with Gasteiger partial charge in [0.2, 0.25) is 21.6 Å². The number of sulfonamides is 1. The number of aromatic amines is 1. The molecule has 416 valence electrons. The van der Waals surface area contributed by atoms with E-state index in [1.54, 1.807) is 61.9 Å². The summed E-state index contributed by atoms with van der Waals surface area (Å²) in [4.78, 5) is 70.9. The third-order valence-corrected chi connectivity index (χ3v) is 19.4. The molecule has 0 saturated heterocycles. The Balaban J connectivity index is 0.000000166. The summed E-state index contributed by atoms with van der Waals surface area (Å²) in [6.45, 7) is 11.7. The second-order valence-corrected chi connectivity index (χ2v) is 24.8. The minimum atomic E-state index is -4.14. The molecule has 0 radical (unpaired) electrons. The van der Waals surface area contributed by atoms with Gasteiger partial charge in [0.25, 0.3) is 5.56 Å². The molecule has 0 spiro atoms. The van der Waals surface area contributed by atoms with Crippen molar-refractivity contribution < 1.29 is 44.4 Å². The first kappa shape index (κ1) is 56.8. The van der Waals surface area contributed by atoms with Crippen molar-refractivity contribution in [2.75, 3.05) is 12.3 Å². The van der Waals surface area contributed by atoms with Gasteiger partial charge in [0, 0.05) is 82.2 Å². The van der Waals surface area contributed by atoms with Crippen molar-refractivity contribution in [2.24, 2.45) is 5.14 Å². The van der Waals surface area contributed by atoms with Crippen molar-refractivity contribution in [1.29, 1.82) is 0 Å². The highest BCUT2D eigenvalue weighted by Gasteiger charge is 2.60. The maximum absolute atomic E-state index is 14.5. The number of primary sulfonamides is 1. The van der Waals surface area contributed by atoms with Crippen LogP contribution in [0.3, 0.4) is 0 Å². The lowest BCUT2D eigenvalue weighted by Gasteiger charge is -2.17. The van der Waals surface area contributed by atoms with Gasteiger partial charge in [-0.05, 0) is 150 Å². The number of Topliss-reactive ketones (excluding diaryl/α,β-unsaturated/α-hetero) is 2. The standard InChI is InChI=1S/C31H31FN2O5S.C23H17FN2O2.C6H12N2O3S/c1-4-7-27(36)31(13-14-31)40(38,39)18-26(35)29-28(22-9-6-15-33-30(22)37)23-16-19(2)11-12-25(23)34(29)17-21-8-5-10-24(32)20(21)3;1-13-8-9-19-17(11-13)20-16-6-4-10-25-22(16)28-23(27)21(20)26(19)12-15-5-3-7-18(24)14(15)2;1-2-8-5(9)6(3-4-6)12(7,10)11/h5-6,8-12,15-16H,4,7,13-14,17-18H2,1-3H3,(H,33,37);3-11H,12H2,1-2H3;2-4H2,1H3,(H,8,9)(H2,7,10,11). The average molecular weight is 1130 g/mol. The van der Waals surface area contributed by atoms with Gasteiger partial charge in [0.1, 0.15) is 27.7 Å². The molecule has 4 N–H and O–H groups in total. The van der Waals surface area contributed by atoms with Crippen LogP contribution in [0.15, 0.2) is 123 Å². The van der Waals surface area contributed by atoms with Gasteiger partial charge in [0.15, 0.2) is 26.2 Å². The van der Waals surface area contributed by atoms with Crippen LogP contribution in [0.1, 0.15) is 96.2 Å². The van der Waals surface area contributed by atoms with E-state index in [-0.39, 0.29) is 48.7 Å². The maximum atomic E-state index is 14.5. The number of rotatable bonds is 15. The molecule has 20 heteroatoms. The first-order valence-corrected chi connectivity index (χ1v) is 29.4. The van der Waals surface area contributed by atoms with E-state index in [4.69, 9.17) is 9.56 Å². The lowest BCUT2D eigenvalue weighted by Crippen LogP contribution is -2.44. The first-order valence-electron chi connectivity index (χ1n) is 26.2. The second kappa shape index (κ2) is 21.9. The van der Waals surface area contributed by atoms with Crippen LogP contribution in [0, 0.1) is 39.3 Å². The molecular weight excluding hydrogens is 1070 g/mol. The van der Waals surface area contributed by atoms with E-state index in [0.29, 0.717) is 76.7 Å². The van der Waals surface area contributed by atoms with Crippen LogP contribution in [-0.4, -0.2) is 75.2 Å². The molecule has 5 heterocycles. The van der Waals surface area contributed by atoms with Gasteiger partial charge in [-0.1, -0.05) is 54.4 Å². The lowest BCUT2D eigenvalue weighted by atomic mass is 10.0. The van der Waals surface area contributed by atoms with E-state index in [9.17, 15) is 49.6 Å². The van der Waals surface area contributed by atoms with Crippen molar-refractivity contribution in [3.63, 3.8) is 0 Å². The van der Waals surface area contributed by atoms with Crippen LogP contribution >= 0.6 is 0 Å². The lowest BCUT2D eigenvalue weighted by molar-refractivity contribution is -0.121. The highest BCUT2D eigenvalue weighted by molar-refractivity contribution is 7.94. The molecular formula is C60H60F2N6O10S2. The van der Waals surface area contributed by atoms with E-state index in [1.807, 2.05) is 73.9 Å². The molecule has 4 aromatic carbocycles. The summed E-state index contributed by atoms with van der Waals surface area (Å²) in [5.41, 5.74) is 6.43. The fourth-order valence-corrected chi connectivity index (χ4v) is 13.4. The number of nitrogens with two attached hydrogens (primary N) is 1. The summed E-state index contributed by atoms with van der Waals surface area (Å²) in [7, 11) is -7.86. The van der Waals surface area contributed by atoms with Crippen molar-refractivity contribution >= 4 is 81.1 Å². The Bertz CT molecular complexity index is 4340. The van der Waals surface area contributed by atoms with E-state index in [1.165, 1.54) is 18.3 Å². The number of aryl methyl sites for hydroxylation is 2. The van der Waals surface area contributed by atoms with Crippen LogP contribution in [0.2, 0.25) is 0 Å². The van der Waals surface area contributed by atoms with Gasteiger partial charge in [-0.2, -0.15) is 0 Å². The molecule has 2 aliphatic rings. The van der Waals surface area contributed by atoms with Crippen LogP contribution in [0.5, 0.6) is 0 Å². The smallest absolute Gasteiger partial charge is 0.362 e. The summed E-state index contributed by atoms with van der Waals surface area (Å²) >= 11 is 0. The minimum Gasteiger partial charge on any atom is -0.402 e. The van der Waals surface area contributed by atoms with Crippen LogP contribution in [0.25, 0.3) is 54.9 Å². The van der Waals surface area contributed by atoms with Crippen molar-refractivity contribution in [3.05, 3.63) is 181 Å². The molecule has 16 nitrogen and oxygen atoms in total. The number of carbonyl (C=O) groups is 3. The first-order chi connectivity index (χ1) is 38.0. The van der Waals surface area contributed by atoms with Crippen molar-refractivity contribution in [1.82, 2.24) is 24.4 Å². The predicted molar refractivity (Wildman–Crippen MR) is 305 cm³/mol. The minimum absolute atomic E-state index is 0.0447. The zero-order valence-corrected chi connectivity index (χ0v) is 46.7.